The fourth-order valence-corrected chi connectivity index (χ4v) is 2.82. The van der Waals surface area contributed by atoms with Crippen molar-refractivity contribution < 1.29 is 27.1 Å². The molecule has 0 fully saturated rings. The zero-order valence-corrected chi connectivity index (χ0v) is 12.3. The van der Waals surface area contributed by atoms with Gasteiger partial charge in [0.05, 0.1) is 16.1 Å². The molecule has 0 unspecified atom stereocenters. The molecule has 2 rings (SSSR count). The van der Waals surface area contributed by atoms with Crippen LogP contribution < -0.4 is 4.72 Å². The maximum absolute atomic E-state index is 12.8. The lowest BCUT2D eigenvalue weighted by atomic mass is 10.2. The first-order valence-corrected chi connectivity index (χ1v) is 7.44. The zero-order chi connectivity index (χ0) is 15.7. The largest absolute Gasteiger partial charge is 0.418 e. The minimum Gasteiger partial charge on any atom is -0.412 e. The van der Waals surface area contributed by atoms with Crippen molar-refractivity contribution in [1.29, 1.82) is 0 Å². The van der Waals surface area contributed by atoms with Crippen LogP contribution in [0.2, 0.25) is 0 Å². The minimum atomic E-state index is -4.63. The number of hydrogen-bond donors (Lipinski definition) is 1. The Balaban J connectivity index is 0.00000242. The van der Waals surface area contributed by atoms with Crippen LogP contribution in [0.15, 0.2) is 53.4 Å². The summed E-state index contributed by atoms with van der Waals surface area (Å²) in [6, 6.07) is 10.3. The van der Waals surface area contributed by atoms with Crippen molar-refractivity contribution in [1.82, 2.24) is 0 Å². The smallest absolute Gasteiger partial charge is 0.412 e. The average Bonchev–Trinajstić information content (AvgIpc) is 2.38. The number of benzene rings is 2. The number of aryl methyl sites for hydroxylation is 1. The number of hydrogen-bond acceptors (Lipinski definition) is 2. The van der Waals surface area contributed by atoms with Gasteiger partial charge in [-0.3, -0.25) is 4.72 Å². The second kappa shape index (κ2) is 6.37. The summed E-state index contributed by atoms with van der Waals surface area (Å²) in [7, 11) is -4.06. The van der Waals surface area contributed by atoms with Crippen LogP contribution >= 0.6 is 0 Å². The highest BCUT2D eigenvalue weighted by Gasteiger charge is 2.34. The molecule has 4 nitrogen and oxygen atoms in total. The van der Waals surface area contributed by atoms with E-state index < -0.39 is 27.5 Å². The van der Waals surface area contributed by atoms with Gasteiger partial charge in [0.15, 0.2) is 0 Å². The summed E-state index contributed by atoms with van der Waals surface area (Å²) < 4.78 is 64.7. The third-order valence-corrected chi connectivity index (χ3v) is 4.19. The number of rotatable bonds is 3. The summed E-state index contributed by atoms with van der Waals surface area (Å²) in [5, 5.41) is 0. The highest BCUT2D eigenvalue weighted by Crippen LogP contribution is 2.35. The van der Waals surface area contributed by atoms with Crippen molar-refractivity contribution >= 4 is 15.7 Å². The molecule has 0 aromatic heterocycles. The standard InChI is InChI=1S/C14H12F3NO2S.H2O/c1-10-6-8-11(9-7-10)21(19,20)18-13-5-3-2-4-12(13)14(15,16)17;/h2-9,18H,1H3;1H2. The van der Waals surface area contributed by atoms with Gasteiger partial charge in [-0.05, 0) is 31.2 Å². The van der Waals surface area contributed by atoms with Gasteiger partial charge in [0, 0.05) is 0 Å². The van der Waals surface area contributed by atoms with Gasteiger partial charge < -0.3 is 5.48 Å². The Morgan fingerprint density at radius 2 is 1.50 bits per heavy atom. The summed E-state index contributed by atoms with van der Waals surface area (Å²) in [6.07, 6.45) is -4.63. The Morgan fingerprint density at radius 1 is 0.955 bits per heavy atom. The predicted molar refractivity (Wildman–Crippen MR) is 77.0 cm³/mol. The van der Waals surface area contributed by atoms with E-state index in [-0.39, 0.29) is 10.4 Å². The van der Waals surface area contributed by atoms with E-state index in [2.05, 4.69) is 0 Å². The minimum absolute atomic E-state index is 0. The van der Waals surface area contributed by atoms with Gasteiger partial charge in [0.2, 0.25) is 0 Å². The molecule has 0 spiro atoms. The Labute approximate surface area is 126 Å². The normalized spacial score (nSPS) is 11.6. The van der Waals surface area contributed by atoms with Crippen LogP contribution in [0.4, 0.5) is 18.9 Å². The monoisotopic (exact) mass is 333 g/mol. The average molecular weight is 333 g/mol. The molecule has 0 amide bonds. The van der Waals surface area contributed by atoms with Gasteiger partial charge in [-0.25, -0.2) is 8.42 Å². The molecule has 8 heteroatoms. The summed E-state index contributed by atoms with van der Waals surface area (Å²) >= 11 is 0. The van der Waals surface area contributed by atoms with Crippen molar-refractivity contribution in [2.45, 2.75) is 18.0 Å². The van der Waals surface area contributed by atoms with Crippen molar-refractivity contribution in [2.75, 3.05) is 4.72 Å². The second-order valence-electron chi connectivity index (χ2n) is 4.46. The zero-order valence-electron chi connectivity index (χ0n) is 11.5. The Morgan fingerprint density at radius 3 is 2.05 bits per heavy atom. The maximum Gasteiger partial charge on any atom is 0.418 e. The quantitative estimate of drug-likeness (QED) is 0.937. The molecule has 0 bridgehead atoms. The first-order valence-electron chi connectivity index (χ1n) is 5.96. The Hall–Kier alpha value is -2.06. The van der Waals surface area contributed by atoms with Crippen LogP contribution in [0, 0.1) is 6.92 Å². The van der Waals surface area contributed by atoms with Gasteiger partial charge in [-0.1, -0.05) is 29.8 Å². The van der Waals surface area contributed by atoms with E-state index in [9.17, 15) is 21.6 Å². The van der Waals surface area contributed by atoms with E-state index in [0.29, 0.717) is 0 Å². The maximum atomic E-state index is 12.8. The molecular weight excluding hydrogens is 319 g/mol. The van der Waals surface area contributed by atoms with Crippen LogP contribution in [0.1, 0.15) is 11.1 Å². The van der Waals surface area contributed by atoms with Crippen LogP contribution in [0.5, 0.6) is 0 Å². The van der Waals surface area contributed by atoms with E-state index in [1.165, 1.54) is 24.3 Å². The highest BCUT2D eigenvalue weighted by molar-refractivity contribution is 7.92. The molecule has 2 aromatic carbocycles. The molecule has 0 heterocycles. The molecule has 0 saturated heterocycles. The molecule has 0 radical (unpaired) electrons. The fourth-order valence-electron chi connectivity index (χ4n) is 1.74. The second-order valence-corrected chi connectivity index (χ2v) is 6.14. The topological polar surface area (TPSA) is 77.7 Å². The molecule has 0 aliphatic carbocycles. The Bertz CT molecular complexity index is 741. The number of nitrogens with one attached hydrogen (secondary N) is 1. The molecule has 0 aliphatic rings. The molecule has 2 aromatic rings. The first kappa shape index (κ1) is 18.0. The van der Waals surface area contributed by atoms with Crippen molar-refractivity contribution in [3.05, 3.63) is 59.7 Å². The lowest BCUT2D eigenvalue weighted by Crippen LogP contribution is -2.17. The molecular formula is C14H14F3NO3S. The van der Waals surface area contributed by atoms with Crippen molar-refractivity contribution in [3.63, 3.8) is 0 Å². The summed E-state index contributed by atoms with van der Waals surface area (Å²) in [5.41, 5.74) is -0.670. The van der Waals surface area contributed by atoms with Crippen LogP contribution in [-0.2, 0) is 16.2 Å². The molecule has 22 heavy (non-hydrogen) atoms. The summed E-state index contributed by atoms with van der Waals surface area (Å²) in [4.78, 5) is -0.0925. The molecule has 0 saturated carbocycles. The highest BCUT2D eigenvalue weighted by atomic mass is 32.2. The molecule has 3 N–H and O–H groups in total. The van der Waals surface area contributed by atoms with Crippen LogP contribution in [0.25, 0.3) is 0 Å². The van der Waals surface area contributed by atoms with Crippen molar-refractivity contribution in [2.24, 2.45) is 0 Å². The van der Waals surface area contributed by atoms with E-state index >= 15 is 0 Å². The number of alkyl halides is 3. The van der Waals surface area contributed by atoms with Crippen molar-refractivity contribution in [3.8, 4) is 0 Å². The van der Waals surface area contributed by atoms with Gasteiger partial charge >= 0.3 is 6.18 Å². The number of anilines is 1. The van der Waals surface area contributed by atoms with E-state index in [1.807, 2.05) is 4.72 Å². The predicted octanol–water partition coefficient (Wildman–Crippen LogP) is 2.99. The van der Waals surface area contributed by atoms with Gasteiger partial charge in [0.1, 0.15) is 0 Å². The van der Waals surface area contributed by atoms with E-state index in [4.69, 9.17) is 0 Å². The van der Waals surface area contributed by atoms with E-state index in [0.717, 1.165) is 17.7 Å². The van der Waals surface area contributed by atoms with Gasteiger partial charge in [-0.15, -0.1) is 0 Å². The first-order chi connectivity index (χ1) is 9.70. The number of halogens is 3. The van der Waals surface area contributed by atoms with E-state index in [1.54, 1.807) is 19.1 Å². The molecule has 0 atom stereocenters. The lowest BCUT2D eigenvalue weighted by molar-refractivity contribution is -0.136. The van der Waals surface area contributed by atoms with Gasteiger partial charge in [-0.2, -0.15) is 13.2 Å². The van der Waals surface area contributed by atoms with Crippen LogP contribution in [-0.4, -0.2) is 13.9 Å². The molecule has 120 valence electrons. The number of para-hydroxylation sites is 1. The summed E-state index contributed by atoms with van der Waals surface area (Å²) in [5.74, 6) is 0. The summed E-state index contributed by atoms with van der Waals surface area (Å²) in [6.45, 7) is 1.78. The fraction of sp³-hybridized carbons (Fsp3) is 0.143. The number of sulfonamides is 1. The third-order valence-electron chi connectivity index (χ3n) is 2.81. The van der Waals surface area contributed by atoms with Gasteiger partial charge in [0.25, 0.3) is 10.0 Å². The molecule has 0 aliphatic heterocycles. The third kappa shape index (κ3) is 3.99. The lowest BCUT2D eigenvalue weighted by Gasteiger charge is -2.14. The Kier molecular flexibility index (Phi) is 5.21. The SMILES string of the molecule is Cc1ccc(S(=O)(=O)Nc2ccccc2C(F)(F)F)cc1.O. The van der Waals surface area contributed by atoms with Crippen LogP contribution in [0.3, 0.4) is 0 Å².